The number of nitrogens with zero attached hydrogens (tertiary/aromatic N) is 1. The van der Waals surface area contributed by atoms with Gasteiger partial charge in [0.05, 0.1) is 11.4 Å². The molecule has 0 radical (unpaired) electrons. The molecule has 0 spiro atoms. The summed E-state index contributed by atoms with van der Waals surface area (Å²) in [6.45, 7) is 0. The van der Waals surface area contributed by atoms with Crippen LogP contribution >= 0.6 is 46.6 Å². The van der Waals surface area contributed by atoms with Crippen LogP contribution < -0.4 is 4.90 Å². The van der Waals surface area contributed by atoms with Crippen LogP contribution in [0.1, 0.15) is 0 Å². The summed E-state index contributed by atoms with van der Waals surface area (Å²) in [4.78, 5) is 13.2. The first kappa shape index (κ1) is 10.4. The molecule has 1 aromatic carbocycles. The summed E-state index contributed by atoms with van der Waals surface area (Å²) < 4.78 is 1.70. The van der Waals surface area contributed by atoms with E-state index in [-0.39, 0.29) is 5.91 Å². The third-order valence-corrected chi connectivity index (χ3v) is 4.11. The molecule has 72 valence electrons. The Labute approximate surface area is 105 Å². The van der Waals surface area contributed by atoms with Gasteiger partial charge in [0.15, 0.2) is 0 Å². The van der Waals surface area contributed by atoms with Gasteiger partial charge < -0.3 is 0 Å². The highest BCUT2D eigenvalue weighted by molar-refractivity contribution is 14.1. The topological polar surface area (TPSA) is 20.3 Å². The Bertz CT molecular complexity index is 392. The lowest BCUT2D eigenvalue weighted by atomic mass is 10.3. The number of carbonyl (C=O) groups excluding carboxylic acids is 1. The molecule has 5 heteroatoms. The van der Waals surface area contributed by atoms with Crippen LogP contribution in [-0.2, 0) is 4.79 Å². The summed E-state index contributed by atoms with van der Waals surface area (Å²) in [6.07, 6.45) is 0. The predicted octanol–water partition coefficient (Wildman–Crippen LogP) is 2.66. The first-order valence-corrected chi connectivity index (χ1v) is 6.41. The van der Waals surface area contributed by atoms with E-state index in [9.17, 15) is 4.79 Å². The molecule has 0 aromatic heterocycles. The molecule has 0 atom stereocenters. The van der Waals surface area contributed by atoms with Gasteiger partial charge in [-0.05, 0) is 34.7 Å². The maximum atomic E-state index is 11.6. The van der Waals surface area contributed by atoms with E-state index in [0.29, 0.717) is 10.1 Å². The Hall–Kier alpha value is -0.140. The molecule has 1 saturated heterocycles. The maximum absolute atomic E-state index is 11.6. The molecule has 0 aliphatic carbocycles. The van der Waals surface area contributed by atoms with Gasteiger partial charge in [0, 0.05) is 3.57 Å². The van der Waals surface area contributed by atoms with Crippen LogP contribution in [-0.4, -0.2) is 16.0 Å². The first-order chi connectivity index (χ1) is 6.70. The van der Waals surface area contributed by atoms with Crippen molar-refractivity contribution in [3.63, 3.8) is 0 Å². The Morgan fingerprint density at radius 1 is 1.43 bits per heavy atom. The number of halogens is 1. The Kier molecular flexibility index (Phi) is 3.08. The highest BCUT2D eigenvalue weighted by Crippen LogP contribution is 2.29. The maximum Gasteiger partial charge on any atom is 0.243 e. The van der Waals surface area contributed by atoms with E-state index in [2.05, 4.69) is 22.6 Å². The number of para-hydroxylation sites is 1. The highest BCUT2D eigenvalue weighted by Gasteiger charge is 2.28. The molecule has 1 heterocycles. The fraction of sp³-hybridized carbons (Fsp3) is 0.111. The number of anilines is 1. The normalized spacial score (nSPS) is 16.5. The van der Waals surface area contributed by atoms with Gasteiger partial charge in [-0.3, -0.25) is 9.69 Å². The molecule has 2 nitrogen and oxygen atoms in total. The van der Waals surface area contributed by atoms with Crippen molar-refractivity contribution in [1.82, 2.24) is 0 Å². The minimum atomic E-state index is 0.0733. The van der Waals surface area contributed by atoms with Crippen molar-refractivity contribution in [2.75, 3.05) is 10.7 Å². The van der Waals surface area contributed by atoms with Crippen LogP contribution in [0.15, 0.2) is 24.3 Å². The summed E-state index contributed by atoms with van der Waals surface area (Å²) in [5.41, 5.74) is 0.896. The predicted molar refractivity (Wildman–Crippen MR) is 71.7 cm³/mol. The molecular formula is C9H6INOS2. The zero-order valence-corrected chi connectivity index (χ0v) is 10.9. The minimum absolute atomic E-state index is 0.0733. The van der Waals surface area contributed by atoms with Crippen molar-refractivity contribution in [2.24, 2.45) is 0 Å². The smallest absolute Gasteiger partial charge is 0.243 e. The van der Waals surface area contributed by atoms with E-state index in [0.717, 1.165) is 9.26 Å². The number of carbonyl (C=O) groups is 1. The third-order valence-electron chi connectivity index (χ3n) is 1.84. The second kappa shape index (κ2) is 4.16. The molecule has 0 N–H and O–H groups in total. The Morgan fingerprint density at radius 2 is 2.14 bits per heavy atom. The molecule has 1 aliphatic heterocycles. The summed E-state index contributed by atoms with van der Waals surface area (Å²) in [5, 5.41) is 0. The molecule has 1 fully saturated rings. The standard InChI is InChI=1S/C9H6INOS2/c10-6-3-1-2-4-7(6)11-8(12)5-14-9(11)13/h1-4H,5H2. The van der Waals surface area contributed by atoms with Crippen molar-refractivity contribution in [3.8, 4) is 0 Å². The Morgan fingerprint density at radius 3 is 2.71 bits per heavy atom. The number of thioether (sulfide) groups is 1. The molecule has 0 unspecified atom stereocenters. The molecule has 0 saturated carbocycles. The van der Waals surface area contributed by atoms with E-state index in [1.54, 1.807) is 4.90 Å². The van der Waals surface area contributed by atoms with Gasteiger partial charge in [-0.15, -0.1) is 0 Å². The van der Waals surface area contributed by atoms with Crippen LogP contribution in [0.5, 0.6) is 0 Å². The average molecular weight is 335 g/mol. The Balaban J connectivity index is 2.44. The fourth-order valence-electron chi connectivity index (χ4n) is 1.22. The quantitative estimate of drug-likeness (QED) is 0.581. The van der Waals surface area contributed by atoms with Crippen molar-refractivity contribution in [1.29, 1.82) is 0 Å². The second-order valence-corrected chi connectivity index (χ2v) is 5.51. The van der Waals surface area contributed by atoms with Gasteiger partial charge in [0.2, 0.25) is 5.91 Å². The molecule has 1 aromatic rings. The number of hydrogen-bond acceptors (Lipinski definition) is 3. The molecular weight excluding hydrogens is 329 g/mol. The van der Waals surface area contributed by atoms with E-state index in [4.69, 9.17) is 12.2 Å². The van der Waals surface area contributed by atoms with Crippen LogP contribution in [0.25, 0.3) is 0 Å². The van der Waals surface area contributed by atoms with Gasteiger partial charge in [-0.1, -0.05) is 36.1 Å². The van der Waals surface area contributed by atoms with Gasteiger partial charge in [-0.2, -0.15) is 0 Å². The van der Waals surface area contributed by atoms with E-state index in [1.165, 1.54) is 11.8 Å². The SMILES string of the molecule is O=C1CSC(=S)N1c1ccccc1I. The van der Waals surface area contributed by atoms with Gasteiger partial charge in [0.25, 0.3) is 0 Å². The van der Waals surface area contributed by atoms with Crippen molar-refractivity contribution in [2.45, 2.75) is 0 Å². The monoisotopic (exact) mass is 335 g/mol. The van der Waals surface area contributed by atoms with Crippen LogP contribution in [0, 0.1) is 3.57 Å². The van der Waals surface area contributed by atoms with Gasteiger partial charge in [-0.25, -0.2) is 0 Å². The highest BCUT2D eigenvalue weighted by atomic mass is 127. The van der Waals surface area contributed by atoms with E-state index in [1.807, 2.05) is 24.3 Å². The lowest BCUT2D eigenvalue weighted by Crippen LogP contribution is -2.28. The summed E-state index contributed by atoms with van der Waals surface area (Å²) in [7, 11) is 0. The zero-order chi connectivity index (χ0) is 10.1. The molecule has 2 rings (SSSR count). The van der Waals surface area contributed by atoms with Crippen molar-refractivity contribution in [3.05, 3.63) is 27.8 Å². The number of rotatable bonds is 1. The number of benzene rings is 1. The summed E-state index contributed by atoms with van der Waals surface area (Å²) in [6, 6.07) is 7.74. The van der Waals surface area contributed by atoms with Crippen LogP contribution in [0.4, 0.5) is 5.69 Å². The van der Waals surface area contributed by atoms with E-state index >= 15 is 0 Å². The lowest BCUT2D eigenvalue weighted by molar-refractivity contribution is -0.115. The zero-order valence-electron chi connectivity index (χ0n) is 7.07. The molecule has 1 aliphatic rings. The molecule has 0 bridgehead atoms. The number of hydrogen-bond donors (Lipinski definition) is 0. The van der Waals surface area contributed by atoms with Gasteiger partial charge >= 0.3 is 0 Å². The molecule has 1 amide bonds. The first-order valence-electron chi connectivity index (χ1n) is 3.94. The minimum Gasteiger partial charge on any atom is -0.273 e. The summed E-state index contributed by atoms with van der Waals surface area (Å²) >= 11 is 8.75. The van der Waals surface area contributed by atoms with E-state index < -0.39 is 0 Å². The number of amides is 1. The number of thiocarbonyl (C=S) groups is 1. The third kappa shape index (κ3) is 1.80. The second-order valence-electron chi connectivity index (χ2n) is 2.74. The van der Waals surface area contributed by atoms with Crippen molar-refractivity contribution < 1.29 is 4.79 Å². The average Bonchev–Trinajstić information content (AvgIpc) is 2.48. The van der Waals surface area contributed by atoms with Crippen LogP contribution in [0.3, 0.4) is 0 Å². The lowest BCUT2D eigenvalue weighted by Gasteiger charge is -2.16. The van der Waals surface area contributed by atoms with Gasteiger partial charge in [0.1, 0.15) is 4.32 Å². The van der Waals surface area contributed by atoms with Crippen LogP contribution in [0.2, 0.25) is 0 Å². The fourth-order valence-corrected chi connectivity index (χ4v) is 2.93. The summed E-state index contributed by atoms with van der Waals surface area (Å²) in [5.74, 6) is 0.535. The largest absolute Gasteiger partial charge is 0.273 e. The molecule has 14 heavy (non-hydrogen) atoms. The van der Waals surface area contributed by atoms with Crippen molar-refractivity contribution >= 4 is 62.5 Å².